The summed E-state index contributed by atoms with van der Waals surface area (Å²) in [7, 11) is 0. The molecule has 102 valence electrons. The van der Waals surface area contributed by atoms with Crippen molar-refractivity contribution in [2.24, 2.45) is 5.73 Å². The molecule has 0 aromatic heterocycles. The van der Waals surface area contributed by atoms with Gasteiger partial charge in [0.25, 0.3) is 0 Å². The average Bonchev–Trinajstić information content (AvgIpc) is 2.29. The second-order valence-electron chi connectivity index (χ2n) is 3.66. The van der Waals surface area contributed by atoms with Crippen LogP contribution in [0.15, 0.2) is 12.7 Å². The van der Waals surface area contributed by atoms with Gasteiger partial charge in [0.15, 0.2) is 5.11 Å². The number of carbonyl (C=O) groups excluding carboxylic acids is 2. The Morgan fingerprint density at radius 3 is 2.56 bits per heavy atom. The molecule has 0 atom stereocenters. The summed E-state index contributed by atoms with van der Waals surface area (Å²) in [6, 6.07) is 0. The average molecular weight is 272 g/mol. The van der Waals surface area contributed by atoms with E-state index >= 15 is 0 Å². The lowest BCUT2D eigenvalue weighted by Crippen LogP contribution is -2.44. The van der Waals surface area contributed by atoms with Crippen LogP contribution in [0, 0.1) is 0 Å². The van der Waals surface area contributed by atoms with Gasteiger partial charge >= 0.3 is 0 Å². The molecule has 0 aromatic carbocycles. The summed E-state index contributed by atoms with van der Waals surface area (Å²) in [5, 5.41) is 6.15. The quantitative estimate of drug-likeness (QED) is 0.404. The van der Waals surface area contributed by atoms with E-state index in [9.17, 15) is 9.59 Å². The third-order valence-corrected chi connectivity index (χ3v) is 2.47. The maximum absolute atomic E-state index is 10.8. The van der Waals surface area contributed by atoms with Crippen molar-refractivity contribution in [3.05, 3.63) is 12.7 Å². The predicted molar refractivity (Wildman–Crippen MR) is 74.9 cm³/mol. The molecule has 18 heavy (non-hydrogen) atoms. The minimum atomic E-state index is -0.383. The molecule has 0 radical (unpaired) electrons. The number of hydrogen-bond acceptors (Lipinski definition) is 3. The van der Waals surface area contributed by atoms with Gasteiger partial charge in [-0.15, -0.1) is 6.58 Å². The summed E-state index contributed by atoms with van der Waals surface area (Å²) in [6.45, 7) is 6.99. The third kappa shape index (κ3) is 8.51. The largest absolute Gasteiger partial charge is 0.370 e. The van der Waals surface area contributed by atoms with Crippen molar-refractivity contribution in [1.29, 1.82) is 0 Å². The fourth-order valence-corrected chi connectivity index (χ4v) is 1.46. The Labute approximate surface area is 113 Å². The van der Waals surface area contributed by atoms with Crippen molar-refractivity contribution >= 4 is 29.1 Å². The Bertz CT molecular complexity index is 320. The molecule has 0 fully saturated rings. The van der Waals surface area contributed by atoms with E-state index in [2.05, 4.69) is 17.2 Å². The smallest absolute Gasteiger partial charge is 0.219 e. The Morgan fingerprint density at radius 1 is 1.39 bits per heavy atom. The van der Waals surface area contributed by atoms with E-state index in [1.54, 1.807) is 11.0 Å². The van der Waals surface area contributed by atoms with Crippen molar-refractivity contribution in [1.82, 2.24) is 15.5 Å². The summed E-state index contributed by atoms with van der Waals surface area (Å²) < 4.78 is 0. The van der Waals surface area contributed by atoms with E-state index in [4.69, 9.17) is 18.0 Å². The first-order valence-corrected chi connectivity index (χ1v) is 6.04. The summed E-state index contributed by atoms with van der Waals surface area (Å²) >= 11 is 5.17. The van der Waals surface area contributed by atoms with E-state index in [0.717, 1.165) is 0 Å². The Hall–Kier alpha value is -1.63. The summed E-state index contributed by atoms with van der Waals surface area (Å²) in [6.07, 6.45) is 1.91. The number of hydrogen-bond donors (Lipinski definition) is 3. The Kier molecular flexibility index (Phi) is 8.55. The van der Waals surface area contributed by atoms with Crippen molar-refractivity contribution in [2.45, 2.75) is 13.3 Å². The molecular weight excluding hydrogens is 252 g/mol. The van der Waals surface area contributed by atoms with Crippen LogP contribution in [0.4, 0.5) is 0 Å². The Morgan fingerprint density at radius 2 is 2.06 bits per heavy atom. The van der Waals surface area contributed by atoms with Crippen LogP contribution >= 0.6 is 12.2 Å². The van der Waals surface area contributed by atoms with Gasteiger partial charge in [0, 0.05) is 39.5 Å². The monoisotopic (exact) mass is 272 g/mol. The molecule has 2 amide bonds. The van der Waals surface area contributed by atoms with Crippen LogP contribution in [0.2, 0.25) is 0 Å². The van der Waals surface area contributed by atoms with Gasteiger partial charge in [-0.3, -0.25) is 9.59 Å². The molecule has 6 nitrogen and oxygen atoms in total. The standard InChI is InChI=1S/C11H20N4O2S/c1-3-5-14-11(18)15(7-4-10(12)17)8-6-13-9(2)16/h3H,1,4-8H2,2H3,(H2,12,17)(H,13,16)(H,14,18). The van der Waals surface area contributed by atoms with Gasteiger partial charge in [0.2, 0.25) is 11.8 Å². The van der Waals surface area contributed by atoms with Gasteiger partial charge < -0.3 is 21.3 Å². The molecule has 0 bridgehead atoms. The zero-order valence-corrected chi connectivity index (χ0v) is 11.4. The molecule has 0 heterocycles. The predicted octanol–water partition coefficient (Wildman–Crippen LogP) is -0.640. The number of nitrogens with two attached hydrogens (primary N) is 1. The molecular formula is C11H20N4O2S. The highest BCUT2D eigenvalue weighted by atomic mass is 32.1. The summed E-state index contributed by atoms with van der Waals surface area (Å²) in [5.41, 5.74) is 5.10. The van der Waals surface area contributed by atoms with Crippen LogP contribution in [0.5, 0.6) is 0 Å². The van der Waals surface area contributed by atoms with E-state index in [1.165, 1.54) is 6.92 Å². The molecule has 0 aliphatic heterocycles. The second-order valence-corrected chi connectivity index (χ2v) is 4.05. The van der Waals surface area contributed by atoms with E-state index in [-0.39, 0.29) is 18.2 Å². The lowest BCUT2D eigenvalue weighted by atomic mass is 10.3. The number of nitrogens with zero attached hydrogens (tertiary/aromatic N) is 1. The molecule has 0 aliphatic rings. The third-order valence-electron chi connectivity index (χ3n) is 2.07. The van der Waals surface area contributed by atoms with E-state index in [1.807, 2.05) is 0 Å². The minimum absolute atomic E-state index is 0.102. The molecule has 0 saturated heterocycles. The number of primary amides is 1. The first-order chi connectivity index (χ1) is 8.47. The molecule has 0 aromatic rings. The number of rotatable bonds is 8. The van der Waals surface area contributed by atoms with Gasteiger partial charge in [-0.05, 0) is 12.2 Å². The zero-order chi connectivity index (χ0) is 14.0. The first-order valence-electron chi connectivity index (χ1n) is 5.63. The fraction of sp³-hybridized carbons (Fsp3) is 0.545. The highest BCUT2D eigenvalue weighted by Gasteiger charge is 2.10. The van der Waals surface area contributed by atoms with Crippen LogP contribution in [0.3, 0.4) is 0 Å². The second kappa shape index (κ2) is 9.41. The topological polar surface area (TPSA) is 87.5 Å². The van der Waals surface area contributed by atoms with Gasteiger partial charge in [0.05, 0.1) is 0 Å². The molecule has 0 rings (SSSR count). The highest BCUT2D eigenvalue weighted by Crippen LogP contribution is 1.93. The molecule has 0 unspecified atom stereocenters. The number of nitrogens with one attached hydrogen (secondary N) is 2. The van der Waals surface area contributed by atoms with E-state index < -0.39 is 0 Å². The number of carbonyl (C=O) groups is 2. The van der Waals surface area contributed by atoms with Gasteiger partial charge in [-0.1, -0.05) is 6.08 Å². The molecule has 0 saturated carbocycles. The van der Waals surface area contributed by atoms with Crippen LogP contribution in [0.25, 0.3) is 0 Å². The number of amides is 2. The minimum Gasteiger partial charge on any atom is -0.370 e. The van der Waals surface area contributed by atoms with Gasteiger partial charge in [-0.2, -0.15) is 0 Å². The SMILES string of the molecule is C=CCNC(=S)N(CCNC(C)=O)CCC(N)=O. The van der Waals surface area contributed by atoms with Crippen molar-refractivity contribution in [2.75, 3.05) is 26.2 Å². The fourth-order valence-electron chi connectivity index (χ4n) is 1.20. The zero-order valence-electron chi connectivity index (χ0n) is 10.6. The molecule has 7 heteroatoms. The molecule has 4 N–H and O–H groups in total. The lowest BCUT2D eigenvalue weighted by Gasteiger charge is -2.25. The van der Waals surface area contributed by atoms with Crippen molar-refractivity contribution in [3.63, 3.8) is 0 Å². The van der Waals surface area contributed by atoms with Crippen LogP contribution < -0.4 is 16.4 Å². The maximum atomic E-state index is 10.8. The molecule has 0 aliphatic carbocycles. The number of thiocarbonyl (C=S) groups is 1. The normalized spacial score (nSPS) is 9.39. The van der Waals surface area contributed by atoms with Gasteiger partial charge in [0.1, 0.15) is 0 Å². The van der Waals surface area contributed by atoms with Crippen LogP contribution in [-0.4, -0.2) is 48.0 Å². The van der Waals surface area contributed by atoms with Crippen LogP contribution in [0.1, 0.15) is 13.3 Å². The Balaban J connectivity index is 4.21. The highest BCUT2D eigenvalue weighted by molar-refractivity contribution is 7.80. The van der Waals surface area contributed by atoms with Crippen molar-refractivity contribution in [3.8, 4) is 0 Å². The molecule has 0 spiro atoms. The summed E-state index contributed by atoms with van der Waals surface area (Å²) in [4.78, 5) is 23.3. The van der Waals surface area contributed by atoms with E-state index in [0.29, 0.717) is 31.3 Å². The van der Waals surface area contributed by atoms with Crippen molar-refractivity contribution < 1.29 is 9.59 Å². The first kappa shape index (κ1) is 16.4. The summed E-state index contributed by atoms with van der Waals surface area (Å²) in [5.74, 6) is -0.485. The van der Waals surface area contributed by atoms with Crippen LogP contribution in [-0.2, 0) is 9.59 Å². The lowest BCUT2D eigenvalue weighted by molar-refractivity contribution is -0.119. The van der Waals surface area contributed by atoms with Gasteiger partial charge in [-0.25, -0.2) is 0 Å². The maximum Gasteiger partial charge on any atom is 0.219 e.